The Morgan fingerprint density at radius 2 is 2.05 bits per heavy atom. The second-order valence-electron chi connectivity index (χ2n) is 4.49. The maximum atomic E-state index is 5.47. The van der Waals surface area contributed by atoms with Gasteiger partial charge in [0.15, 0.2) is 4.77 Å². The number of fused-ring (bicyclic) bond motifs is 1. The Morgan fingerprint density at radius 3 is 2.85 bits per heavy atom. The van der Waals surface area contributed by atoms with Crippen LogP contribution in [0.3, 0.4) is 0 Å². The third kappa shape index (κ3) is 2.32. The van der Waals surface area contributed by atoms with Gasteiger partial charge in [-0.3, -0.25) is 4.57 Å². The zero-order chi connectivity index (χ0) is 14.1. The van der Waals surface area contributed by atoms with Crippen molar-refractivity contribution in [2.45, 2.75) is 6.61 Å². The molecule has 0 saturated carbocycles. The van der Waals surface area contributed by atoms with Crippen molar-refractivity contribution in [3.8, 4) is 5.69 Å². The molecule has 2 aromatic carbocycles. The molecule has 0 amide bonds. The van der Waals surface area contributed by atoms with Crippen LogP contribution in [-0.4, -0.2) is 16.7 Å². The van der Waals surface area contributed by atoms with Crippen LogP contribution in [0.25, 0.3) is 16.7 Å². The van der Waals surface area contributed by atoms with Gasteiger partial charge in [0.1, 0.15) is 0 Å². The molecule has 0 bridgehead atoms. The highest BCUT2D eigenvalue weighted by Gasteiger charge is 2.10. The fourth-order valence-corrected chi connectivity index (χ4v) is 3.00. The normalized spacial score (nSPS) is 11.1. The quantitative estimate of drug-likeness (QED) is 0.701. The first-order valence-corrected chi connectivity index (χ1v) is 7.38. The largest absolute Gasteiger partial charge is 0.380 e. The number of ether oxygens (including phenoxy) is 1. The van der Waals surface area contributed by atoms with Gasteiger partial charge in [0, 0.05) is 17.1 Å². The highest BCUT2D eigenvalue weighted by Crippen LogP contribution is 2.25. The van der Waals surface area contributed by atoms with Crippen molar-refractivity contribution in [3.63, 3.8) is 0 Å². The monoisotopic (exact) mass is 348 g/mol. The summed E-state index contributed by atoms with van der Waals surface area (Å²) in [7, 11) is 1.70. The third-order valence-corrected chi connectivity index (χ3v) is 3.95. The summed E-state index contributed by atoms with van der Waals surface area (Å²) < 4.78 is 9.03. The fourth-order valence-electron chi connectivity index (χ4n) is 2.33. The van der Waals surface area contributed by atoms with E-state index in [0.717, 1.165) is 26.8 Å². The van der Waals surface area contributed by atoms with E-state index in [0.29, 0.717) is 11.4 Å². The molecule has 0 aliphatic heterocycles. The van der Waals surface area contributed by atoms with E-state index in [2.05, 4.69) is 39.1 Å². The van der Waals surface area contributed by atoms with E-state index in [-0.39, 0.29) is 0 Å². The first-order valence-electron chi connectivity index (χ1n) is 6.18. The van der Waals surface area contributed by atoms with Crippen LogP contribution in [0.15, 0.2) is 46.9 Å². The van der Waals surface area contributed by atoms with Crippen LogP contribution in [0.4, 0.5) is 0 Å². The van der Waals surface area contributed by atoms with Crippen LogP contribution in [0, 0.1) is 4.77 Å². The number of hydrogen-bond donors (Lipinski definition) is 1. The molecule has 0 saturated heterocycles. The van der Waals surface area contributed by atoms with Crippen molar-refractivity contribution in [2.75, 3.05) is 7.11 Å². The SMILES string of the molecule is COCc1ccccc1-n1c(=S)[nH]c2cc(Br)ccc21. The summed E-state index contributed by atoms with van der Waals surface area (Å²) in [5, 5.41) is 0. The number of nitrogens with one attached hydrogen (secondary N) is 1. The molecule has 0 unspecified atom stereocenters. The van der Waals surface area contributed by atoms with E-state index in [4.69, 9.17) is 17.0 Å². The lowest BCUT2D eigenvalue weighted by Crippen LogP contribution is -2.00. The van der Waals surface area contributed by atoms with Crippen LogP contribution in [0.2, 0.25) is 0 Å². The first-order chi connectivity index (χ1) is 9.70. The van der Waals surface area contributed by atoms with Gasteiger partial charge in [-0.2, -0.15) is 0 Å². The van der Waals surface area contributed by atoms with Gasteiger partial charge in [-0.25, -0.2) is 0 Å². The van der Waals surface area contributed by atoms with Gasteiger partial charge in [-0.15, -0.1) is 0 Å². The number of para-hydroxylation sites is 1. The smallest absolute Gasteiger partial charge is 0.182 e. The Morgan fingerprint density at radius 1 is 1.25 bits per heavy atom. The van der Waals surface area contributed by atoms with E-state index in [1.807, 2.05) is 28.8 Å². The number of rotatable bonds is 3. The molecule has 0 fully saturated rings. The van der Waals surface area contributed by atoms with Crippen LogP contribution >= 0.6 is 28.1 Å². The molecule has 0 atom stereocenters. The van der Waals surface area contributed by atoms with Gasteiger partial charge in [0.2, 0.25) is 0 Å². The van der Waals surface area contributed by atoms with E-state index >= 15 is 0 Å². The van der Waals surface area contributed by atoms with E-state index in [9.17, 15) is 0 Å². The average Bonchev–Trinajstić information content (AvgIpc) is 2.75. The number of aromatic nitrogens is 2. The molecule has 3 rings (SSSR count). The molecule has 1 heterocycles. The van der Waals surface area contributed by atoms with Crippen molar-refractivity contribution in [1.82, 2.24) is 9.55 Å². The summed E-state index contributed by atoms with van der Waals surface area (Å²) in [4.78, 5) is 3.24. The summed E-state index contributed by atoms with van der Waals surface area (Å²) in [5.74, 6) is 0. The number of hydrogen-bond acceptors (Lipinski definition) is 2. The molecule has 0 spiro atoms. The minimum Gasteiger partial charge on any atom is -0.380 e. The Hall–Kier alpha value is -1.43. The summed E-state index contributed by atoms with van der Waals surface area (Å²) in [6.45, 7) is 0.557. The molecule has 3 aromatic rings. The molecule has 5 heteroatoms. The standard InChI is InChI=1S/C15H13BrN2OS/c1-19-9-10-4-2-3-5-13(10)18-14-7-6-11(16)8-12(14)17-15(18)20/h2-8H,9H2,1H3,(H,17,20). The van der Waals surface area contributed by atoms with Crippen LogP contribution in [0.1, 0.15) is 5.56 Å². The minimum absolute atomic E-state index is 0.557. The molecule has 0 aliphatic carbocycles. The zero-order valence-electron chi connectivity index (χ0n) is 10.9. The lowest BCUT2D eigenvalue weighted by molar-refractivity contribution is 0.185. The maximum Gasteiger partial charge on any atom is 0.182 e. The fraction of sp³-hybridized carbons (Fsp3) is 0.133. The summed E-state index contributed by atoms with van der Waals surface area (Å²) in [5.41, 5.74) is 4.22. The molecule has 20 heavy (non-hydrogen) atoms. The number of imidazole rings is 1. The Kier molecular flexibility index (Phi) is 3.74. The van der Waals surface area contributed by atoms with Gasteiger partial charge in [0.25, 0.3) is 0 Å². The topological polar surface area (TPSA) is 29.9 Å². The second kappa shape index (κ2) is 5.52. The molecule has 102 valence electrons. The lowest BCUT2D eigenvalue weighted by Gasteiger charge is -2.10. The molecular formula is C15H13BrN2OS. The lowest BCUT2D eigenvalue weighted by atomic mass is 10.2. The number of halogens is 1. The van der Waals surface area contributed by atoms with Crippen molar-refractivity contribution >= 4 is 39.2 Å². The van der Waals surface area contributed by atoms with Gasteiger partial charge in [-0.1, -0.05) is 34.1 Å². The summed E-state index contributed by atoms with van der Waals surface area (Å²) in [6, 6.07) is 14.2. The van der Waals surface area contributed by atoms with E-state index in [1.165, 1.54) is 0 Å². The predicted octanol–water partition coefficient (Wildman–Crippen LogP) is 4.60. The van der Waals surface area contributed by atoms with Gasteiger partial charge >= 0.3 is 0 Å². The molecular weight excluding hydrogens is 336 g/mol. The highest BCUT2D eigenvalue weighted by atomic mass is 79.9. The van der Waals surface area contributed by atoms with Crippen LogP contribution < -0.4 is 0 Å². The van der Waals surface area contributed by atoms with E-state index in [1.54, 1.807) is 7.11 Å². The summed E-state index contributed by atoms with van der Waals surface area (Å²) in [6.07, 6.45) is 0. The van der Waals surface area contributed by atoms with Crippen LogP contribution in [0.5, 0.6) is 0 Å². The van der Waals surface area contributed by atoms with E-state index < -0.39 is 0 Å². The second-order valence-corrected chi connectivity index (χ2v) is 5.79. The van der Waals surface area contributed by atoms with Gasteiger partial charge in [-0.05, 0) is 36.5 Å². The number of nitrogens with zero attached hydrogens (tertiary/aromatic N) is 1. The van der Waals surface area contributed by atoms with Crippen molar-refractivity contribution in [3.05, 3.63) is 57.3 Å². The van der Waals surface area contributed by atoms with Crippen LogP contribution in [-0.2, 0) is 11.3 Å². The highest BCUT2D eigenvalue weighted by molar-refractivity contribution is 9.10. The number of H-pyrrole nitrogens is 1. The Balaban J connectivity index is 2.30. The molecule has 1 aromatic heterocycles. The first kappa shape index (κ1) is 13.5. The van der Waals surface area contributed by atoms with Crippen molar-refractivity contribution in [2.24, 2.45) is 0 Å². The average molecular weight is 349 g/mol. The Bertz CT molecular complexity index is 822. The third-order valence-electron chi connectivity index (χ3n) is 3.18. The molecule has 0 aliphatic rings. The van der Waals surface area contributed by atoms with Crippen molar-refractivity contribution in [1.29, 1.82) is 0 Å². The molecule has 1 N–H and O–H groups in total. The Labute approximate surface area is 130 Å². The van der Waals surface area contributed by atoms with Gasteiger partial charge < -0.3 is 9.72 Å². The maximum absolute atomic E-state index is 5.47. The van der Waals surface area contributed by atoms with Crippen molar-refractivity contribution < 1.29 is 4.74 Å². The molecule has 0 radical (unpaired) electrons. The zero-order valence-corrected chi connectivity index (χ0v) is 13.3. The predicted molar refractivity (Wildman–Crippen MR) is 86.9 cm³/mol. The summed E-state index contributed by atoms with van der Waals surface area (Å²) >= 11 is 8.95. The van der Waals surface area contributed by atoms with Gasteiger partial charge in [0.05, 0.1) is 23.3 Å². The number of benzene rings is 2. The number of methoxy groups -OCH3 is 1. The molecule has 3 nitrogen and oxygen atoms in total. The number of aromatic amines is 1. The minimum atomic E-state index is 0.557.